The van der Waals surface area contributed by atoms with Gasteiger partial charge in [0.05, 0.1) is 24.4 Å². The number of fused-ring (bicyclic) bond motifs is 1. The van der Waals surface area contributed by atoms with Gasteiger partial charge in [0.15, 0.2) is 5.13 Å². The van der Waals surface area contributed by atoms with Gasteiger partial charge in [-0.25, -0.2) is 4.98 Å². The summed E-state index contributed by atoms with van der Waals surface area (Å²) in [4.78, 5) is 18.0. The molecule has 1 saturated carbocycles. The molecule has 0 saturated heterocycles. The molecule has 1 fully saturated rings. The average molecular weight is 388 g/mol. The third-order valence-electron chi connectivity index (χ3n) is 5.31. The van der Waals surface area contributed by atoms with Crippen LogP contribution in [-0.4, -0.2) is 35.3 Å². The highest BCUT2D eigenvalue weighted by molar-refractivity contribution is 7.17. The average Bonchev–Trinajstić information content (AvgIpc) is 3.23. The highest BCUT2D eigenvalue weighted by Gasteiger charge is 2.36. The van der Waals surface area contributed by atoms with Crippen LogP contribution in [-0.2, 0) is 6.42 Å². The molecule has 4 rings (SSSR count). The van der Waals surface area contributed by atoms with Crippen molar-refractivity contribution in [2.75, 3.05) is 18.5 Å². The summed E-state index contributed by atoms with van der Waals surface area (Å²) in [6, 6.07) is 6.05. The second-order valence-electron chi connectivity index (χ2n) is 7.27. The Kier molecular flexibility index (Phi) is 5.06. The van der Waals surface area contributed by atoms with Crippen molar-refractivity contribution in [2.24, 2.45) is 5.92 Å². The number of thiazole rings is 1. The largest absolute Gasteiger partial charge is 0.493 e. The van der Waals surface area contributed by atoms with Crippen LogP contribution in [0, 0.1) is 12.8 Å². The maximum Gasteiger partial charge on any atom is 0.263 e. The van der Waals surface area contributed by atoms with Crippen LogP contribution in [0.1, 0.15) is 52.3 Å². The van der Waals surface area contributed by atoms with Gasteiger partial charge in [-0.2, -0.15) is 0 Å². The summed E-state index contributed by atoms with van der Waals surface area (Å²) in [5, 5.41) is 16.9. The van der Waals surface area contributed by atoms with Gasteiger partial charge in [-0.05, 0) is 55.9 Å². The SMILES string of the molecule is CCNc1nc(C)c(C(=O)N[C@H](c2ccc3c(c2)CCO3)C2CC(O)C2)s1. The molecule has 6 nitrogen and oxygen atoms in total. The molecule has 1 aliphatic heterocycles. The number of hydrogen-bond acceptors (Lipinski definition) is 6. The van der Waals surface area contributed by atoms with Crippen molar-refractivity contribution in [3.8, 4) is 5.75 Å². The third-order valence-corrected chi connectivity index (χ3v) is 6.43. The number of amides is 1. The van der Waals surface area contributed by atoms with Gasteiger partial charge in [-0.1, -0.05) is 17.4 Å². The van der Waals surface area contributed by atoms with Crippen molar-refractivity contribution in [3.05, 3.63) is 39.9 Å². The first-order valence-electron chi connectivity index (χ1n) is 9.51. The van der Waals surface area contributed by atoms with Crippen molar-refractivity contribution in [2.45, 2.75) is 45.3 Å². The van der Waals surface area contributed by atoms with Crippen LogP contribution in [0.5, 0.6) is 5.75 Å². The van der Waals surface area contributed by atoms with Crippen LogP contribution in [0.3, 0.4) is 0 Å². The predicted molar refractivity (Wildman–Crippen MR) is 106 cm³/mol. The monoisotopic (exact) mass is 387 g/mol. The number of carbonyl (C=O) groups excluding carboxylic acids is 1. The van der Waals surface area contributed by atoms with Gasteiger partial charge in [0.1, 0.15) is 10.6 Å². The predicted octanol–water partition coefficient (Wildman–Crippen LogP) is 3.06. The zero-order valence-electron chi connectivity index (χ0n) is 15.6. The van der Waals surface area contributed by atoms with Crippen molar-refractivity contribution in [1.29, 1.82) is 0 Å². The summed E-state index contributed by atoms with van der Waals surface area (Å²) in [5.74, 6) is 1.08. The lowest BCUT2D eigenvalue weighted by Crippen LogP contribution is -2.41. The Morgan fingerprint density at radius 3 is 3.00 bits per heavy atom. The van der Waals surface area contributed by atoms with Crippen molar-refractivity contribution in [3.63, 3.8) is 0 Å². The normalized spacial score (nSPS) is 21.7. The summed E-state index contributed by atoms with van der Waals surface area (Å²) < 4.78 is 5.60. The molecule has 1 aliphatic carbocycles. The van der Waals surface area contributed by atoms with Crippen LogP contribution in [0.4, 0.5) is 5.13 Å². The third kappa shape index (κ3) is 3.66. The van der Waals surface area contributed by atoms with Crippen LogP contribution in [0.2, 0.25) is 0 Å². The standard InChI is InChI=1S/C20H25N3O3S/c1-3-21-20-22-11(2)18(27-20)19(25)23-17(14-9-15(24)10-14)13-4-5-16-12(8-13)6-7-26-16/h4-5,8,14-15,17,24H,3,6-7,9-10H2,1-2H3,(H,21,22)(H,23,25)/t14?,15?,17-/m1/s1. The molecule has 3 N–H and O–H groups in total. The molecule has 1 aromatic heterocycles. The number of hydrogen-bond donors (Lipinski definition) is 3. The lowest BCUT2D eigenvalue weighted by Gasteiger charge is -2.38. The van der Waals surface area contributed by atoms with Gasteiger partial charge in [0.2, 0.25) is 0 Å². The number of benzene rings is 1. The van der Waals surface area contributed by atoms with E-state index in [-0.39, 0.29) is 24.0 Å². The lowest BCUT2D eigenvalue weighted by atomic mass is 9.75. The summed E-state index contributed by atoms with van der Waals surface area (Å²) in [6.07, 6.45) is 2.06. The Balaban J connectivity index is 1.57. The van der Waals surface area contributed by atoms with E-state index in [0.29, 0.717) is 24.3 Å². The molecule has 2 aromatic rings. The fourth-order valence-electron chi connectivity index (χ4n) is 3.82. The van der Waals surface area contributed by atoms with Crippen LogP contribution >= 0.6 is 11.3 Å². The van der Waals surface area contributed by atoms with E-state index in [9.17, 15) is 9.90 Å². The Morgan fingerprint density at radius 1 is 1.44 bits per heavy atom. The Labute approximate surface area is 163 Å². The number of ether oxygens (including phenoxy) is 1. The zero-order valence-corrected chi connectivity index (χ0v) is 16.4. The number of nitrogens with zero attached hydrogens (tertiary/aromatic N) is 1. The topological polar surface area (TPSA) is 83.5 Å². The summed E-state index contributed by atoms with van der Waals surface area (Å²) in [5.41, 5.74) is 3.01. The first kappa shape index (κ1) is 18.3. The van der Waals surface area contributed by atoms with E-state index in [4.69, 9.17) is 4.74 Å². The molecule has 144 valence electrons. The molecule has 7 heteroatoms. The quantitative estimate of drug-likeness (QED) is 0.710. The maximum atomic E-state index is 13.0. The number of aliphatic hydroxyl groups is 1. The van der Waals surface area contributed by atoms with Crippen LogP contribution in [0.25, 0.3) is 0 Å². The van der Waals surface area contributed by atoms with Crippen molar-refractivity contribution in [1.82, 2.24) is 10.3 Å². The second kappa shape index (κ2) is 7.48. The molecule has 1 aromatic carbocycles. The Bertz CT molecular complexity index is 845. The summed E-state index contributed by atoms with van der Waals surface area (Å²) >= 11 is 1.38. The number of aliphatic hydroxyl groups excluding tert-OH is 1. The maximum absolute atomic E-state index is 13.0. The number of carbonyl (C=O) groups is 1. The van der Waals surface area contributed by atoms with Crippen LogP contribution in [0.15, 0.2) is 18.2 Å². The molecule has 2 heterocycles. The van der Waals surface area contributed by atoms with Gasteiger partial charge in [0, 0.05) is 13.0 Å². The minimum Gasteiger partial charge on any atom is -0.493 e. The fourth-order valence-corrected chi connectivity index (χ4v) is 4.75. The van der Waals surface area contributed by atoms with Crippen molar-refractivity contribution < 1.29 is 14.6 Å². The molecule has 1 amide bonds. The number of nitrogens with one attached hydrogen (secondary N) is 2. The smallest absolute Gasteiger partial charge is 0.263 e. The zero-order chi connectivity index (χ0) is 19.0. The summed E-state index contributed by atoms with van der Waals surface area (Å²) in [7, 11) is 0. The first-order chi connectivity index (χ1) is 13.0. The molecule has 2 aliphatic rings. The van der Waals surface area contributed by atoms with E-state index in [2.05, 4.69) is 21.7 Å². The van der Waals surface area contributed by atoms with Gasteiger partial charge >= 0.3 is 0 Å². The minimum atomic E-state index is -0.266. The fraction of sp³-hybridized carbons (Fsp3) is 0.500. The number of aryl methyl sites for hydroxylation is 1. The molecule has 27 heavy (non-hydrogen) atoms. The number of aromatic nitrogens is 1. The second-order valence-corrected chi connectivity index (χ2v) is 8.27. The van der Waals surface area contributed by atoms with Gasteiger partial charge in [0.25, 0.3) is 5.91 Å². The molecular formula is C20H25N3O3S. The van der Waals surface area contributed by atoms with Gasteiger partial charge in [-0.3, -0.25) is 4.79 Å². The number of rotatable bonds is 6. The molecule has 1 atom stereocenters. The Hall–Kier alpha value is -2.12. The molecule has 0 unspecified atom stereocenters. The van der Waals surface area contributed by atoms with E-state index < -0.39 is 0 Å². The van der Waals surface area contributed by atoms with E-state index in [1.54, 1.807) is 0 Å². The molecule has 0 radical (unpaired) electrons. The number of anilines is 1. The van der Waals surface area contributed by atoms with Gasteiger partial charge in [-0.15, -0.1) is 0 Å². The van der Waals surface area contributed by atoms with Gasteiger partial charge < -0.3 is 20.5 Å². The van der Waals surface area contributed by atoms with Crippen LogP contribution < -0.4 is 15.4 Å². The first-order valence-corrected chi connectivity index (χ1v) is 10.3. The lowest BCUT2D eigenvalue weighted by molar-refractivity contribution is 0.0235. The van der Waals surface area contributed by atoms with E-state index in [0.717, 1.165) is 35.1 Å². The van der Waals surface area contributed by atoms with E-state index in [1.165, 1.54) is 16.9 Å². The Morgan fingerprint density at radius 2 is 2.26 bits per heavy atom. The van der Waals surface area contributed by atoms with E-state index >= 15 is 0 Å². The highest BCUT2D eigenvalue weighted by Crippen LogP contribution is 2.40. The van der Waals surface area contributed by atoms with E-state index in [1.807, 2.05) is 26.0 Å². The molecular weight excluding hydrogens is 362 g/mol. The molecule has 0 bridgehead atoms. The molecule has 0 spiro atoms. The summed E-state index contributed by atoms with van der Waals surface area (Å²) in [6.45, 7) is 5.35. The highest BCUT2D eigenvalue weighted by atomic mass is 32.1. The van der Waals surface area contributed by atoms with Crippen molar-refractivity contribution >= 4 is 22.4 Å². The minimum absolute atomic E-state index is 0.0997.